The van der Waals surface area contributed by atoms with E-state index in [0.29, 0.717) is 28.5 Å². The molecule has 1 aromatic rings. The molecule has 1 aliphatic carbocycles. The number of hydrogen-bond acceptors (Lipinski definition) is 0. The van der Waals surface area contributed by atoms with E-state index >= 15 is 0 Å². The molecule has 2 atom stereocenters. The molecule has 2 rings (SSSR count). The lowest BCUT2D eigenvalue weighted by Crippen LogP contribution is -2.42. The normalized spacial score (nSPS) is 28.0. The summed E-state index contributed by atoms with van der Waals surface area (Å²) in [4.78, 5) is 0. The van der Waals surface area contributed by atoms with E-state index < -0.39 is 8.11 Å². The van der Waals surface area contributed by atoms with Gasteiger partial charge < -0.3 is 0 Å². The van der Waals surface area contributed by atoms with Gasteiger partial charge in [-0.1, -0.05) is 101 Å². The van der Waals surface area contributed by atoms with Crippen molar-refractivity contribution in [3.05, 3.63) is 48.6 Å². The van der Waals surface area contributed by atoms with E-state index in [9.17, 15) is 0 Å². The fourth-order valence-electron chi connectivity index (χ4n) is 1.94. The molecule has 0 spiro atoms. The number of hydrogen-bond donors (Lipinski definition) is 0. The van der Waals surface area contributed by atoms with Crippen LogP contribution in [-0.2, 0) is 4.32 Å². The number of halogens is 12. The molecule has 0 radical (unpaired) electrons. The fraction of sp³-hybridized carbons (Fsp3) is 0.167. The summed E-state index contributed by atoms with van der Waals surface area (Å²) in [6, 6.07) is 0. The molecule has 0 amide bonds. The first-order valence-corrected chi connectivity index (χ1v) is 12.5. The van der Waals surface area contributed by atoms with Crippen LogP contribution in [0.15, 0.2) is 38.0 Å². The standard InChI is InChI=1S/C12Br6Cl6/c13-2-1(6(19)5(16)4(15)3(2)14)11(17)9(22)7(20)8(21)10(23)12(11,18)24. The van der Waals surface area contributed by atoms with Crippen LogP contribution in [0, 0.1) is 0 Å². The van der Waals surface area contributed by atoms with Crippen molar-refractivity contribution in [1.82, 2.24) is 0 Å². The van der Waals surface area contributed by atoms with Gasteiger partial charge in [0.25, 0.3) is 0 Å². The molecule has 1 aromatic carbocycles. The van der Waals surface area contributed by atoms with Crippen LogP contribution in [0.1, 0.15) is 5.56 Å². The second kappa shape index (κ2) is 8.22. The highest BCUT2D eigenvalue weighted by Gasteiger charge is 2.59. The number of benzene rings is 1. The van der Waals surface area contributed by atoms with Crippen molar-refractivity contribution < 1.29 is 0 Å². The van der Waals surface area contributed by atoms with Crippen LogP contribution >= 0.6 is 165 Å². The van der Waals surface area contributed by atoms with Gasteiger partial charge in [-0.15, -0.1) is 0 Å². The molecule has 0 bridgehead atoms. The van der Waals surface area contributed by atoms with Crippen molar-refractivity contribution in [3.8, 4) is 0 Å². The number of alkyl halides is 3. The zero-order chi connectivity index (χ0) is 18.8. The Morgan fingerprint density at radius 1 is 0.625 bits per heavy atom. The zero-order valence-electron chi connectivity index (χ0n) is 10.5. The lowest BCUT2D eigenvalue weighted by molar-refractivity contribution is 0.737. The van der Waals surface area contributed by atoms with Gasteiger partial charge in [-0.05, 0) is 63.7 Å². The predicted octanol–water partition coefficient (Wildman–Crippen LogP) is 10.7. The van der Waals surface area contributed by atoms with Gasteiger partial charge >= 0.3 is 0 Å². The van der Waals surface area contributed by atoms with Crippen LogP contribution < -0.4 is 0 Å². The molecule has 0 saturated heterocycles. The maximum atomic E-state index is 6.70. The van der Waals surface area contributed by atoms with Gasteiger partial charge in [-0.3, -0.25) is 0 Å². The third-order valence-corrected chi connectivity index (χ3v) is 14.7. The van der Waals surface area contributed by atoms with Crippen molar-refractivity contribution in [2.45, 2.75) is 8.11 Å². The smallest absolute Gasteiger partial charge is 0.0980 e. The summed E-state index contributed by atoms with van der Waals surface area (Å²) in [7, 11) is 0. The van der Waals surface area contributed by atoms with Crippen LogP contribution in [-0.4, -0.2) is 3.78 Å². The Labute approximate surface area is 218 Å². The summed E-state index contributed by atoms with van der Waals surface area (Å²) >= 11 is 59.4. The van der Waals surface area contributed by atoms with Crippen molar-refractivity contribution >= 4 is 165 Å². The molecule has 0 fully saturated rings. The second-order valence-corrected chi connectivity index (χ2v) is 12.9. The summed E-state index contributed by atoms with van der Waals surface area (Å²) in [6.07, 6.45) is 0. The van der Waals surface area contributed by atoms with Gasteiger partial charge in [0.2, 0.25) is 0 Å². The maximum Gasteiger partial charge on any atom is 0.160 e. The summed E-state index contributed by atoms with van der Waals surface area (Å²) in [6.45, 7) is 0. The molecule has 1 aliphatic rings. The van der Waals surface area contributed by atoms with Gasteiger partial charge in [0.1, 0.15) is 4.32 Å². The lowest BCUT2D eigenvalue weighted by Gasteiger charge is -2.43. The van der Waals surface area contributed by atoms with E-state index in [-0.39, 0.29) is 20.1 Å². The van der Waals surface area contributed by atoms with Gasteiger partial charge in [0.05, 0.1) is 29.6 Å². The topological polar surface area (TPSA) is 0 Å². The Balaban J connectivity index is 3.01. The predicted molar refractivity (Wildman–Crippen MR) is 128 cm³/mol. The second-order valence-electron chi connectivity index (χ2n) is 4.43. The maximum absolute atomic E-state index is 6.70. The Morgan fingerprint density at radius 2 is 1.04 bits per heavy atom. The van der Waals surface area contributed by atoms with Crippen LogP contribution in [0.5, 0.6) is 0 Å². The molecule has 24 heavy (non-hydrogen) atoms. The minimum Gasteiger partial charge on any atom is -0.0980 e. The summed E-state index contributed by atoms with van der Waals surface area (Å²) in [5, 5.41) is 0.634. The molecule has 2 unspecified atom stereocenters. The number of allylic oxidation sites excluding steroid dienone is 4. The molecule has 12 heteroatoms. The third-order valence-electron chi connectivity index (χ3n) is 3.14. The minimum atomic E-state index is -1.45. The lowest BCUT2D eigenvalue weighted by atomic mass is 9.90. The van der Waals surface area contributed by atoms with Crippen LogP contribution in [0.2, 0.25) is 5.02 Å². The van der Waals surface area contributed by atoms with Gasteiger partial charge in [0.15, 0.2) is 3.78 Å². The Kier molecular flexibility index (Phi) is 8.08. The summed E-state index contributed by atoms with van der Waals surface area (Å²) in [5.74, 6) is 0. The van der Waals surface area contributed by atoms with E-state index in [1.165, 1.54) is 0 Å². The first-order chi connectivity index (χ1) is 10.8. The summed E-state index contributed by atoms with van der Waals surface area (Å²) < 4.78 is -0.204. The molecular formula is C12Br6Cl6. The van der Waals surface area contributed by atoms with E-state index in [4.69, 9.17) is 69.6 Å². The molecule has 132 valence electrons. The fourth-order valence-corrected chi connectivity index (χ4v) is 8.66. The Bertz CT molecular complexity index is 788. The highest BCUT2D eigenvalue weighted by Crippen LogP contribution is 2.67. The van der Waals surface area contributed by atoms with Crippen LogP contribution in [0.3, 0.4) is 0 Å². The molecule has 0 saturated carbocycles. The number of rotatable bonds is 1. The first kappa shape index (κ1) is 23.6. The first-order valence-electron chi connectivity index (χ1n) is 5.52. The van der Waals surface area contributed by atoms with Gasteiger partial charge in [-0.25, -0.2) is 0 Å². The quantitative estimate of drug-likeness (QED) is 0.150. The molecule has 0 nitrogen and oxygen atoms in total. The molecule has 0 heterocycles. The average molecular weight is 836 g/mol. The van der Waals surface area contributed by atoms with Crippen molar-refractivity contribution in [2.75, 3.05) is 0 Å². The SMILES string of the molecule is ClC1=C(Cl)C(Cl)(Br)C(Br)(c2c(Cl)c(Br)c(Br)c(Br)c2Br)C(Cl)=C1Cl. The Morgan fingerprint density at radius 3 is 1.54 bits per heavy atom. The van der Waals surface area contributed by atoms with E-state index in [1.54, 1.807) is 0 Å². The molecule has 0 N–H and O–H groups in total. The van der Waals surface area contributed by atoms with Gasteiger partial charge in [-0.2, -0.15) is 0 Å². The average Bonchev–Trinajstić information content (AvgIpc) is 2.53. The largest absolute Gasteiger partial charge is 0.160 e. The van der Waals surface area contributed by atoms with Crippen molar-refractivity contribution in [1.29, 1.82) is 0 Å². The van der Waals surface area contributed by atoms with E-state index in [2.05, 4.69) is 95.6 Å². The van der Waals surface area contributed by atoms with E-state index in [0.717, 1.165) is 0 Å². The third kappa shape index (κ3) is 3.40. The zero-order valence-corrected chi connectivity index (χ0v) is 24.6. The van der Waals surface area contributed by atoms with Crippen LogP contribution in [0.4, 0.5) is 0 Å². The minimum absolute atomic E-state index is 0.0489. The molecule has 0 aliphatic heterocycles. The van der Waals surface area contributed by atoms with Crippen molar-refractivity contribution in [2.24, 2.45) is 0 Å². The van der Waals surface area contributed by atoms with E-state index in [1.807, 2.05) is 0 Å². The Hall–Kier alpha value is 3.32. The van der Waals surface area contributed by atoms with Crippen molar-refractivity contribution in [3.63, 3.8) is 0 Å². The highest BCUT2D eigenvalue weighted by atomic mass is 79.9. The monoisotopic (exact) mass is 827 g/mol. The summed E-state index contributed by atoms with van der Waals surface area (Å²) in [5.41, 5.74) is 0.489. The van der Waals surface area contributed by atoms with Gasteiger partial charge in [0, 0.05) is 19.0 Å². The molecular weight excluding hydrogens is 836 g/mol. The highest BCUT2D eigenvalue weighted by molar-refractivity contribution is 9.15. The van der Waals surface area contributed by atoms with Crippen LogP contribution in [0.25, 0.3) is 0 Å². The molecule has 0 aromatic heterocycles.